The van der Waals surface area contributed by atoms with Gasteiger partial charge in [-0.15, -0.1) is 0 Å². The molecule has 0 aromatic heterocycles. The Hall–Kier alpha value is -2.79. The maximum Gasteiger partial charge on any atom is 0.246 e. The summed E-state index contributed by atoms with van der Waals surface area (Å²) in [5.41, 5.74) is 3.69. The van der Waals surface area contributed by atoms with E-state index in [4.69, 9.17) is 9.47 Å². The second-order valence-corrected chi connectivity index (χ2v) is 8.99. The predicted octanol–water partition coefficient (Wildman–Crippen LogP) is 4.07. The minimum atomic E-state index is 0.0811. The number of hydrogen-bond acceptors (Lipinski definition) is 4. The summed E-state index contributed by atoms with van der Waals surface area (Å²) in [5.74, 6) is 1.72. The van der Waals surface area contributed by atoms with Crippen molar-refractivity contribution in [2.75, 3.05) is 33.0 Å². The Balaban J connectivity index is 1.27. The number of benzene rings is 2. The molecule has 1 amide bonds. The molecule has 2 aliphatic heterocycles. The van der Waals surface area contributed by atoms with Crippen molar-refractivity contribution in [3.8, 4) is 11.5 Å². The van der Waals surface area contributed by atoms with Crippen molar-refractivity contribution in [2.45, 2.75) is 32.7 Å². The monoisotopic (exact) mass is 406 g/mol. The molecule has 0 N–H and O–H groups in total. The molecule has 0 bridgehead atoms. The van der Waals surface area contributed by atoms with E-state index >= 15 is 0 Å². The molecule has 2 heterocycles. The minimum absolute atomic E-state index is 0.0811. The summed E-state index contributed by atoms with van der Waals surface area (Å²) in [6.45, 7) is 11.0. The van der Waals surface area contributed by atoms with Gasteiger partial charge in [0.2, 0.25) is 12.7 Å². The lowest BCUT2D eigenvalue weighted by Gasteiger charge is -2.34. The molecule has 158 valence electrons. The van der Waals surface area contributed by atoms with Gasteiger partial charge >= 0.3 is 0 Å². The highest BCUT2D eigenvalue weighted by Crippen LogP contribution is 2.32. The van der Waals surface area contributed by atoms with Gasteiger partial charge in [-0.3, -0.25) is 9.69 Å². The first kappa shape index (κ1) is 20.5. The minimum Gasteiger partial charge on any atom is -0.454 e. The molecule has 5 nitrogen and oxygen atoms in total. The van der Waals surface area contributed by atoms with Gasteiger partial charge in [0.15, 0.2) is 11.5 Å². The average Bonchev–Trinajstić information content (AvgIpc) is 3.20. The number of hydrogen-bond donors (Lipinski definition) is 0. The molecule has 0 aliphatic carbocycles. The first-order valence-corrected chi connectivity index (χ1v) is 10.6. The molecule has 2 aromatic rings. The van der Waals surface area contributed by atoms with Crippen molar-refractivity contribution < 1.29 is 14.3 Å². The normalized spacial score (nSPS) is 17.0. The number of amides is 1. The molecule has 2 aromatic carbocycles. The van der Waals surface area contributed by atoms with E-state index in [-0.39, 0.29) is 11.3 Å². The van der Waals surface area contributed by atoms with Gasteiger partial charge in [0.1, 0.15) is 0 Å². The second-order valence-electron chi connectivity index (χ2n) is 8.99. The summed E-state index contributed by atoms with van der Waals surface area (Å²) >= 11 is 0. The lowest BCUT2D eigenvalue weighted by Crippen LogP contribution is -2.47. The summed E-state index contributed by atoms with van der Waals surface area (Å²) in [4.78, 5) is 16.9. The predicted molar refractivity (Wildman–Crippen MR) is 119 cm³/mol. The standard InChI is InChI=1S/C25H30N2O3/c1-25(2,3)21-8-4-19(5-9-21)7-11-24(28)27-14-12-26(13-15-27)17-20-6-10-22-23(16-20)30-18-29-22/h4-11,16H,12-15,17-18H2,1-3H3. The molecule has 4 rings (SSSR count). The van der Waals surface area contributed by atoms with Gasteiger partial charge in [-0.05, 0) is 40.3 Å². The van der Waals surface area contributed by atoms with E-state index in [1.165, 1.54) is 11.1 Å². The van der Waals surface area contributed by atoms with Crippen LogP contribution in [0.2, 0.25) is 0 Å². The van der Waals surface area contributed by atoms with Crippen LogP contribution in [0.4, 0.5) is 0 Å². The number of rotatable bonds is 4. The summed E-state index contributed by atoms with van der Waals surface area (Å²) in [6.07, 6.45) is 3.60. The van der Waals surface area contributed by atoms with Crippen molar-refractivity contribution in [3.63, 3.8) is 0 Å². The molecular formula is C25H30N2O3. The fourth-order valence-electron chi connectivity index (χ4n) is 3.79. The summed E-state index contributed by atoms with van der Waals surface area (Å²) in [5, 5.41) is 0. The fourth-order valence-corrected chi connectivity index (χ4v) is 3.79. The first-order valence-electron chi connectivity index (χ1n) is 10.6. The largest absolute Gasteiger partial charge is 0.454 e. The topological polar surface area (TPSA) is 42.0 Å². The van der Waals surface area contributed by atoms with Crippen LogP contribution in [0.3, 0.4) is 0 Å². The van der Waals surface area contributed by atoms with E-state index in [1.54, 1.807) is 6.08 Å². The van der Waals surface area contributed by atoms with Crippen LogP contribution in [0.1, 0.15) is 37.5 Å². The molecule has 0 spiro atoms. The van der Waals surface area contributed by atoms with E-state index in [0.717, 1.165) is 49.8 Å². The Morgan fingerprint density at radius 1 is 0.967 bits per heavy atom. The van der Waals surface area contributed by atoms with Gasteiger partial charge in [0.25, 0.3) is 0 Å². The average molecular weight is 407 g/mol. The van der Waals surface area contributed by atoms with Crippen molar-refractivity contribution >= 4 is 12.0 Å². The molecule has 0 atom stereocenters. The van der Waals surface area contributed by atoms with Gasteiger partial charge in [-0.1, -0.05) is 51.1 Å². The molecule has 0 radical (unpaired) electrons. The smallest absolute Gasteiger partial charge is 0.246 e. The highest BCUT2D eigenvalue weighted by atomic mass is 16.7. The van der Waals surface area contributed by atoms with E-state index in [9.17, 15) is 4.79 Å². The van der Waals surface area contributed by atoms with Crippen LogP contribution in [0.5, 0.6) is 11.5 Å². The van der Waals surface area contributed by atoms with Crippen molar-refractivity contribution in [2.24, 2.45) is 0 Å². The van der Waals surface area contributed by atoms with Gasteiger partial charge in [-0.25, -0.2) is 0 Å². The van der Waals surface area contributed by atoms with Gasteiger partial charge < -0.3 is 14.4 Å². The summed E-state index contributed by atoms with van der Waals surface area (Å²) in [6, 6.07) is 14.5. The quantitative estimate of drug-likeness (QED) is 0.718. The lowest BCUT2D eigenvalue weighted by molar-refractivity contribution is -0.127. The maximum atomic E-state index is 12.6. The third-order valence-corrected chi connectivity index (χ3v) is 5.72. The molecular weight excluding hydrogens is 376 g/mol. The van der Waals surface area contributed by atoms with Crippen molar-refractivity contribution in [1.29, 1.82) is 0 Å². The molecule has 5 heteroatoms. The van der Waals surface area contributed by atoms with E-state index in [1.807, 2.05) is 23.1 Å². The van der Waals surface area contributed by atoms with Crippen molar-refractivity contribution in [3.05, 3.63) is 65.2 Å². The Morgan fingerprint density at radius 3 is 2.37 bits per heavy atom. The number of nitrogens with zero attached hydrogens (tertiary/aromatic N) is 2. The Morgan fingerprint density at radius 2 is 1.67 bits per heavy atom. The molecule has 2 aliphatic rings. The molecule has 0 unspecified atom stereocenters. The number of ether oxygens (including phenoxy) is 2. The molecule has 1 fully saturated rings. The number of piperazine rings is 1. The Kier molecular flexibility index (Phi) is 5.82. The van der Waals surface area contributed by atoms with Crippen LogP contribution in [0.25, 0.3) is 6.08 Å². The molecule has 30 heavy (non-hydrogen) atoms. The van der Waals surface area contributed by atoms with Gasteiger partial charge in [-0.2, -0.15) is 0 Å². The summed E-state index contributed by atoms with van der Waals surface area (Å²) in [7, 11) is 0. The highest BCUT2D eigenvalue weighted by molar-refractivity contribution is 5.91. The SMILES string of the molecule is CC(C)(C)c1ccc(C=CC(=O)N2CCN(Cc3ccc4c(c3)OCO4)CC2)cc1. The third kappa shape index (κ3) is 4.85. The van der Waals surface area contributed by atoms with Crippen LogP contribution in [0.15, 0.2) is 48.5 Å². The third-order valence-electron chi connectivity index (χ3n) is 5.72. The number of carbonyl (C=O) groups excluding carboxylic acids is 1. The number of carbonyl (C=O) groups is 1. The molecule has 1 saturated heterocycles. The van der Waals surface area contributed by atoms with Gasteiger partial charge in [0.05, 0.1) is 0 Å². The van der Waals surface area contributed by atoms with Crippen LogP contribution in [-0.2, 0) is 16.8 Å². The molecule has 0 saturated carbocycles. The zero-order valence-corrected chi connectivity index (χ0v) is 18.1. The zero-order valence-electron chi connectivity index (χ0n) is 18.1. The van der Waals surface area contributed by atoms with E-state index < -0.39 is 0 Å². The first-order chi connectivity index (χ1) is 14.4. The second kappa shape index (κ2) is 8.52. The van der Waals surface area contributed by atoms with Crippen LogP contribution < -0.4 is 9.47 Å². The highest BCUT2D eigenvalue weighted by Gasteiger charge is 2.21. The zero-order chi connectivity index (χ0) is 21.1. The Bertz CT molecular complexity index is 920. The fraction of sp³-hybridized carbons (Fsp3) is 0.400. The maximum absolute atomic E-state index is 12.6. The lowest BCUT2D eigenvalue weighted by atomic mass is 9.87. The van der Waals surface area contributed by atoms with Crippen LogP contribution >= 0.6 is 0 Å². The van der Waals surface area contributed by atoms with E-state index in [2.05, 4.69) is 56.0 Å². The van der Waals surface area contributed by atoms with E-state index in [0.29, 0.717) is 6.79 Å². The van der Waals surface area contributed by atoms with Gasteiger partial charge in [0, 0.05) is 38.8 Å². The van der Waals surface area contributed by atoms with Crippen molar-refractivity contribution in [1.82, 2.24) is 9.80 Å². The Labute approximate surface area is 178 Å². The summed E-state index contributed by atoms with van der Waals surface area (Å²) < 4.78 is 10.8. The number of fused-ring (bicyclic) bond motifs is 1. The van der Waals surface area contributed by atoms with Crippen LogP contribution in [-0.4, -0.2) is 48.7 Å². The van der Waals surface area contributed by atoms with Crippen LogP contribution in [0, 0.1) is 0 Å².